The predicted octanol–water partition coefficient (Wildman–Crippen LogP) is 3.93. The van der Waals surface area contributed by atoms with Crippen molar-refractivity contribution >= 4 is 17.5 Å². The zero-order valence-corrected chi connectivity index (χ0v) is 15.3. The standard InChI is InChI=1S/C19H19ClF3N3O/c1-11(12-3-2-4-14(20)7-12)26-18(27)16-10-24-9-15(16)13-5-6-17(25-8-13)19(21,22)23/h2-8,11,15-16,24H,9-10H2,1H3,(H,26,27)/t11-,15-,16+/m0/s1. The van der Waals surface area contributed by atoms with E-state index in [1.165, 1.54) is 12.3 Å². The van der Waals surface area contributed by atoms with Crippen molar-refractivity contribution in [3.05, 3.63) is 64.4 Å². The smallest absolute Gasteiger partial charge is 0.349 e. The summed E-state index contributed by atoms with van der Waals surface area (Å²) in [5.41, 5.74) is 0.561. The van der Waals surface area contributed by atoms with Gasteiger partial charge in [-0.15, -0.1) is 0 Å². The first kappa shape index (κ1) is 19.6. The number of nitrogens with zero attached hydrogens (tertiary/aromatic N) is 1. The van der Waals surface area contributed by atoms with Crippen LogP contribution in [0.5, 0.6) is 0 Å². The van der Waals surface area contributed by atoms with E-state index in [0.717, 1.165) is 11.6 Å². The van der Waals surface area contributed by atoms with Crippen molar-refractivity contribution in [3.8, 4) is 0 Å². The van der Waals surface area contributed by atoms with E-state index >= 15 is 0 Å². The summed E-state index contributed by atoms with van der Waals surface area (Å²) in [5, 5.41) is 6.69. The lowest BCUT2D eigenvalue weighted by atomic mass is 9.89. The van der Waals surface area contributed by atoms with Gasteiger partial charge in [-0.25, -0.2) is 0 Å². The van der Waals surface area contributed by atoms with Gasteiger partial charge in [0, 0.05) is 30.2 Å². The Morgan fingerprint density at radius 1 is 1.30 bits per heavy atom. The number of alkyl halides is 3. The maximum atomic E-state index is 12.7. The number of halogens is 4. The van der Waals surface area contributed by atoms with Crippen molar-refractivity contribution < 1.29 is 18.0 Å². The second-order valence-electron chi connectivity index (χ2n) is 6.63. The van der Waals surface area contributed by atoms with E-state index in [1.54, 1.807) is 12.1 Å². The molecule has 0 saturated carbocycles. The van der Waals surface area contributed by atoms with Gasteiger partial charge >= 0.3 is 6.18 Å². The van der Waals surface area contributed by atoms with Crippen LogP contribution in [0.4, 0.5) is 13.2 Å². The molecule has 144 valence electrons. The monoisotopic (exact) mass is 397 g/mol. The number of benzene rings is 1. The molecular weight excluding hydrogens is 379 g/mol. The molecule has 1 aromatic heterocycles. The Kier molecular flexibility index (Phi) is 5.72. The molecule has 2 heterocycles. The molecule has 3 rings (SSSR count). The number of pyridine rings is 1. The van der Waals surface area contributed by atoms with Crippen molar-refractivity contribution in [2.75, 3.05) is 13.1 Å². The van der Waals surface area contributed by atoms with Gasteiger partial charge in [0.15, 0.2) is 0 Å². The molecule has 27 heavy (non-hydrogen) atoms. The molecule has 0 spiro atoms. The third kappa shape index (κ3) is 4.59. The van der Waals surface area contributed by atoms with Crippen LogP contribution in [0, 0.1) is 5.92 Å². The highest BCUT2D eigenvalue weighted by molar-refractivity contribution is 6.30. The van der Waals surface area contributed by atoms with Crippen molar-refractivity contribution in [3.63, 3.8) is 0 Å². The van der Waals surface area contributed by atoms with Gasteiger partial charge in [0.1, 0.15) is 5.69 Å². The summed E-state index contributed by atoms with van der Waals surface area (Å²) in [5.74, 6) is -0.770. The SMILES string of the molecule is C[C@H](NC(=O)[C@@H]1CNC[C@H]1c1ccc(C(F)(F)F)nc1)c1cccc(Cl)c1. The summed E-state index contributed by atoms with van der Waals surface area (Å²) in [6, 6.07) is 9.36. The van der Waals surface area contributed by atoms with E-state index in [0.29, 0.717) is 23.7 Å². The molecule has 0 unspecified atom stereocenters. The normalized spacial score (nSPS) is 21.1. The Morgan fingerprint density at radius 2 is 2.07 bits per heavy atom. The zero-order valence-electron chi connectivity index (χ0n) is 14.6. The molecule has 2 N–H and O–H groups in total. The second-order valence-corrected chi connectivity index (χ2v) is 7.07. The van der Waals surface area contributed by atoms with Crippen LogP contribution in [0.3, 0.4) is 0 Å². The fourth-order valence-electron chi connectivity index (χ4n) is 3.28. The Morgan fingerprint density at radius 3 is 2.70 bits per heavy atom. The van der Waals surface area contributed by atoms with Crippen LogP contribution in [-0.2, 0) is 11.0 Å². The third-order valence-electron chi connectivity index (χ3n) is 4.76. The molecule has 1 fully saturated rings. The number of amides is 1. The first-order valence-corrected chi connectivity index (χ1v) is 8.93. The van der Waals surface area contributed by atoms with Crippen LogP contribution in [-0.4, -0.2) is 24.0 Å². The average molecular weight is 398 g/mol. The van der Waals surface area contributed by atoms with Crippen LogP contribution in [0.2, 0.25) is 5.02 Å². The first-order chi connectivity index (χ1) is 12.8. The van der Waals surface area contributed by atoms with Gasteiger partial charge in [0.2, 0.25) is 5.91 Å². The summed E-state index contributed by atoms with van der Waals surface area (Å²) < 4.78 is 38.1. The maximum Gasteiger partial charge on any atom is 0.433 e. The fourth-order valence-corrected chi connectivity index (χ4v) is 3.48. The summed E-state index contributed by atoms with van der Waals surface area (Å²) in [6.45, 7) is 2.83. The van der Waals surface area contributed by atoms with Crippen LogP contribution >= 0.6 is 11.6 Å². The van der Waals surface area contributed by atoms with Crippen LogP contribution in [0.1, 0.15) is 35.7 Å². The van der Waals surface area contributed by atoms with Crippen LogP contribution in [0.25, 0.3) is 0 Å². The van der Waals surface area contributed by atoms with Crippen LogP contribution < -0.4 is 10.6 Å². The molecular formula is C19H19ClF3N3O. The van der Waals surface area contributed by atoms with E-state index in [4.69, 9.17) is 11.6 Å². The van der Waals surface area contributed by atoms with Gasteiger partial charge in [0.05, 0.1) is 12.0 Å². The van der Waals surface area contributed by atoms with Crippen molar-refractivity contribution in [2.24, 2.45) is 5.92 Å². The highest BCUT2D eigenvalue weighted by Gasteiger charge is 2.36. The molecule has 4 nitrogen and oxygen atoms in total. The Hall–Kier alpha value is -2.12. The Balaban J connectivity index is 1.71. The summed E-state index contributed by atoms with van der Waals surface area (Å²) in [4.78, 5) is 16.2. The molecule has 2 aromatic rings. The van der Waals surface area contributed by atoms with Gasteiger partial charge in [-0.2, -0.15) is 13.2 Å². The molecule has 1 aliphatic heterocycles. The fraction of sp³-hybridized carbons (Fsp3) is 0.368. The lowest BCUT2D eigenvalue weighted by Crippen LogP contribution is -2.36. The number of aromatic nitrogens is 1. The number of hydrogen-bond acceptors (Lipinski definition) is 3. The van der Waals surface area contributed by atoms with Crippen molar-refractivity contribution in [1.29, 1.82) is 0 Å². The molecule has 0 bridgehead atoms. The minimum atomic E-state index is -4.48. The largest absolute Gasteiger partial charge is 0.433 e. The van der Waals surface area contributed by atoms with Gasteiger partial charge in [0.25, 0.3) is 0 Å². The molecule has 1 aliphatic rings. The summed E-state index contributed by atoms with van der Waals surface area (Å²) >= 11 is 5.99. The Labute approximate surface area is 160 Å². The highest BCUT2D eigenvalue weighted by Crippen LogP contribution is 2.32. The molecule has 3 atom stereocenters. The summed E-state index contributed by atoms with van der Waals surface area (Å²) in [6.07, 6.45) is -3.27. The number of rotatable bonds is 4. The van der Waals surface area contributed by atoms with Crippen molar-refractivity contribution in [2.45, 2.75) is 25.1 Å². The molecule has 0 radical (unpaired) electrons. The minimum absolute atomic E-state index is 0.155. The second kappa shape index (κ2) is 7.86. The first-order valence-electron chi connectivity index (χ1n) is 8.55. The van der Waals surface area contributed by atoms with Crippen LogP contribution in [0.15, 0.2) is 42.6 Å². The zero-order chi connectivity index (χ0) is 19.6. The number of carbonyl (C=O) groups is 1. The molecule has 1 saturated heterocycles. The van der Waals surface area contributed by atoms with Gasteiger partial charge < -0.3 is 10.6 Å². The molecule has 0 aliphatic carbocycles. The van der Waals surface area contributed by atoms with E-state index in [9.17, 15) is 18.0 Å². The van der Waals surface area contributed by atoms with Gasteiger partial charge in [-0.05, 0) is 36.2 Å². The van der Waals surface area contributed by atoms with Gasteiger partial charge in [-0.1, -0.05) is 29.8 Å². The topological polar surface area (TPSA) is 54.0 Å². The molecule has 1 amide bonds. The lowest BCUT2D eigenvalue weighted by molar-refractivity contribution is -0.141. The number of nitrogens with one attached hydrogen (secondary N) is 2. The third-order valence-corrected chi connectivity index (χ3v) is 5.00. The van der Waals surface area contributed by atoms with Gasteiger partial charge in [-0.3, -0.25) is 9.78 Å². The van der Waals surface area contributed by atoms with E-state index < -0.39 is 11.9 Å². The predicted molar refractivity (Wildman–Crippen MR) is 96.3 cm³/mol. The molecule has 8 heteroatoms. The lowest BCUT2D eigenvalue weighted by Gasteiger charge is -2.22. The van der Waals surface area contributed by atoms with Crippen molar-refractivity contribution in [1.82, 2.24) is 15.6 Å². The average Bonchev–Trinajstić information content (AvgIpc) is 3.11. The maximum absolute atomic E-state index is 12.7. The number of hydrogen-bond donors (Lipinski definition) is 2. The molecule has 1 aromatic carbocycles. The quantitative estimate of drug-likeness (QED) is 0.821. The minimum Gasteiger partial charge on any atom is -0.349 e. The summed E-state index contributed by atoms with van der Waals surface area (Å²) in [7, 11) is 0. The number of carbonyl (C=O) groups excluding carboxylic acids is 1. The van der Waals surface area contributed by atoms with E-state index in [1.807, 2.05) is 19.1 Å². The van der Waals surface area contributed by atoms with E-state index in [2.05, 4.69) is 15.6 Å². The van der Waals surface area contributed by atoms with E-state index in [-0.39, 0.29) is 23.8 Å². The Bertz CT molecular complexity index is 811. The highest BCUT2D eigenvalue weighted by atomic mass is 35.5.